The Labute approximate surface area is 121 Å². The van der Waals surface area contributed by atoms with Gasteiger partial charge in [0.1, 0.15) is 0 Å². The molecule has 0 atom stereocenters. The van der Waals surface area contributed by atoms with Gasteiger partial charge in [-0.1, -0.05) is 0 Å². The maximum absolute atomic E-state index is 11.9. The van der Waals surface area contributed by atoms with Gasteiger partial charge in [-0.3, -0.25) is 9.59 Å². The van der Waals surface area contributed by atoms with Crippen LogP contribution in [0.25, 0.3) is 0 Å². The zero-order valence-corrected chi connectivity index (χ0v) is 11.6. The van der Waals surface area contributed by atoms with E-state index in [4.69, 9.17) is 22.3 Å². The summed E-state index contributed by atoms with van der Waals surface area (Å²) in [5, 5.41) is 11.2. The number of amides is 1. The van der Waals surface area contributed by atoms with Crippen LogP contribution in [0.2, 0.25) is 0 Å². The molecule has 0 fully saturated rings. The van der Waals surface area contributed by atoms with E-state index in [0.717, 1.165) is 0 Å². The summed E-state index contributed by atoms with van der Waals surface area (Å²) >= 11 is 0. The van der Waals surface area contributed by atoms with Crippen LogP contribution in [0.5, 0.6) is 0 Å². The van der Waals surface area contributed by atoms with Gasteiger partial charge < -0.3 is 27.6 Å². The molecule has 0 aliphatic rings. The van der Waals surface area contributed by atoms with Gasteiger partial charge in [0.15, 0.2) is 28.8 Å². The van der Waals surface area contributed by atoms with Crippen molar-refractivity contribution in [3.63, 3.8) is 0 Å². The summed E-state index contributed by atoms with van der Waals surface area (Å²) in [6.07, 6.45) is 1.20. The van der Waals surface area contributed by atoms with Crippen molar-refractivity contribution in [1.29, 1.82) is 0 Å². The van der Waals surface area contributed by atoms with Gasteiger partial charge in [-0.15, -0.1) is 0 Å². The van der Waals surface area contributed by atoms with Crippen molar-refractivity contribution in [3.8, 4) is 0 Å². The van der Waals surface area contributed by atoms with Crippen LogP contribution in [-0.2, 0) is 0 Å². The van der Waals surface area contributed by atoms with Gasteiger partial charge >= 0.3 is 0 Å². The summed E-state index contributed by atoms with van der Waals surface area (Å²) in [6, 6.07) is 0. The number of nitrogens with one attached hydrogen (secondary N) is 1. The summed E-state index contributed by atoms with van der Waals surface area (Å²) in [5.41, 5.74) is 16.4. The third-order valence-electron chi connectivity index (χ3n) is 2.67. The number of carbonyl (C=O) groups excluding carboxylic acids is 2. The van der Waals surface area contributed by atoms with E-state index in [-0.39, 0.29) is 54.9 Å². The van der Waals surface area contributed by atoms with Gasteiger partial charge in [0.05, 0.1) is 0 Å². The number of Topliss-reactive ketones (excluding diaryl/α,β-unsaturated/α-hetero) is 1. The number of anilines is 2. The number of hydrogen-bond donors (Lipinski definition) is 5. The van der Waals surface area contributed by atoms with Crippen molar-refractivity contribution in [2.45, 2.75) is 19.3 Å². The van der Waals surface area contributed by atoms with E-state index in [1.54, 1.807) is 0 Å². The molecule has 0 bridgehead atoms. The lowest BCUT2D eigenvalue weighted by Gasteiger charge is -2.09. The number of aliphatic hydroxyl groups is 1. The van der Waals surface area contributed by atoms with E-state index >= 15 is 0 Å². The van der Waals surface area contributed by atoms with Gasteiger partial charge in [-0.25, -0.2) is 9.97 Å². The maximum atomic E-state index is 11.9. The molecule has 0 spiro atoms. The lowest BCUT2D eigenvalue weighted by Crippen LogP contribution is -2.31. The van der Waals surface area contributed by atoms with E-state index in [1.165, 1.54) is 0 Å². The summed E-state index contributed by atoms with van der Waals surface area (Å²) in [4.78, 5) is 31.4. The molecule has 8 N–H and O–H groups in total. The third-order valence-corrected chi connectivity index (χ3v) is 2.67. The van der Waals surface area contributed by atoms with Gasteiger partial charge in [0, 0.05) is 26.1 Å². The topological polar surface area (TPSA) is 170 Å². The van der Waals surface area contributed by atoms with Crippen LogP contribution in [0.1, 0.15) is 40.2 Å². The summed E-state index contributed by atoms with van der Waals surface area (Å²) in [6.45, 7) is 0.550. The average Bonchev–Trinajstić information content (AvgIpc) is 2.46. The number of carbonyl (C=O) groups is 2. The van der Waals surface area contributed by atoms with E-state index < -0.39 is 5.91 Å². The van der Waals surface area contributed by atoms with E-state index in [2.05, 4.69) is 15.3 Å². The molecule has 116 valence electrons. The molecular formula is C12H20N6O3. The summed E-state index contributed by atoms with van der Waals surface area (Å²) in [5.74, 6) is -1.18. The number of aliphatic hydroxyl groups excluding tert-OH is 1. The van der Waals surface area contributed by atoms with Crippen molar-refractivity contribution >= 4 is 23.3 Å². The largest absolute Gasteiger partial charge is 0.396 e. The van der Waals surface area contributed by atoms with Gasteiger partial charge in [0.25, 0.3) is 5.91 Å². The first kappa shape index (κ1) is 16.8. The Hall–Kier alpha value is -2.26. The predicted molar refractivity (Wildman–Crippen MR) is 77.5 cm³/mol. The molecule has 0 aliphatic heterocycles. The highest BCUT2D eigenvalue weighted by Gasteiger charge is 2.19. The molecule has 9 nitrogen and oxygen atoms in total. The van der Waals surface area contributed by atoms with Gasteiger partial charge in [-0.2, -0.15) is 0 Å². The Morgan fingerprint density at radius 1 is 1.10 bits per heavy atom. The van der Waals surface area contributed by atoms with E-state index in [9.17, 15) is 9.59 Å². The average molecular weight is 296 g/mol. The number of rotatable bonds is 8. The number of nitrogens with zero attached hydrogens (tertiary/aromatic N) is 2. The highest BCUT2D eigenvalue weighted by atomic mass is 16.3. The molecule has 21 heavy (non-hydrogen) atoms. The second kappa shape index (κ2) is 8.12. The molecule has 1 heterocycles. The first-order valence-electron chi connectivity index (χ1n) is 6.56. The number of nitrogen functional groups attached to an aromatic ring is 2. The minimum Gasteiger partial charge on any atom is -0.396 e. The van der Waals surface area contributed by atoms with Gasteiger partial charge in [-0.05, 0) is 12.8 Å². The van der Waals surface area contributed by atoms with Crippen molar-refractivity contribution < 1.29 is 14.7 Å². The first-order valence-corrected chi connectivity index (χ1v) is 6.56. The highest BCUT2D eigenvalue weighted by Crippen LogP contribution is 2.15. The van der Waals surface area contributed by atoms with Crippen LogP contribution in [0.15, 0.2) is 0 Å². The fourth-order valence-corrected chi connectivity index (χ4v) is 1.62. The molecule has 0 unspecified atom stereocenters. The highest BCUT2D eigenvalue weighted by molar-refractivity contribution is 6.01. The molecule has 1 aromatic rings. The number of unbranched alkanes of at least 4 members (excludes halogenated alkanes) is 1. The number of ketones is 1. The second-order valence-electron chi connectivity index (χ2n) is 4.34. The van der Waals surface area contributed by atoms with Gasteiger partial charge in [0.2, 0.25) is 0 Å². The molecule has 0 saturated heterocycles. The molecule has 0 saturated carbocycles. The molecule has 1 rings (SSSR count). The Balaban J connectivity index is 2.88. The van der Waals surface area contributed by atoms with Crippen molar-refractivity contribution in [1.82, 2.24) is 15.3 Å². The minimum absolute atomic E-state index is 0.0107. The third kappa shape index (κ3) is 4.65. The van der Waals surface area contributed by atoms with Crippen LogP contribution < -0.4 is 22.5 Å². The lowest BCUT2D eigenvalue weighted by atomic mass is 10.1. The van der Waals surface area contributed by atoms with Crippen LogP contribution in [0.4, 0.5) is 11.6 Å². The molecule has 1 aromatic heterocycles. The summed E-state index contributed by atoms with van der Waals surface area (Å²) < 4.78 is 0. The Morgan fingerprint density at radius 3 is 2.33 bits per heavy atom. The predicted octanol–water partition coefficient (Wildman–Crippen LogP) is -1.33. The molecule has 0 aromatic carbocycles. The standard InChI is InChI=1S/C12H20N6O3/c13-4-5-16-12(21)9-11(15)17-8(10(14)18-9)7(20)3-1-2-6-19/h19H,1-6,13H2,(H2,14,18)(H2,15,17)(H,16,21). The van der Waals surface area contributed by atoms with Crippen molar-refractivity contribution in [2.75, 3.05) is 31.2 Å². The maximum Gasteiger partial charge on any atom is 0.273 e. The lowest BCUT2D eigenvalue weighted by molar-refractivity contribution is 0.0944. The van der Waals surface area contributed by atoms with Crippen molar-refractivity contribution in [3.05, 3.63) is 11.4 Å². The van der Waals surface area contributed by atoms with Crippen LogP contribution >= 0.6 is 0 Å². The van der Waals surface area contributed by atoms with Crippen LogP contribution in [0.3, 0.4) is 0 Å². The quantitative estimate of drug-likeness (QED) is 0.290. The van der Waals surface area contributed by atoms with E-state index in [1.807, 2.05) is 0 Å². The molecular weight excluding hydrogens is 276 g/mol. The number of hydrogen-bond acceptors (Lipinski definition) is 8. The Kier molecular flexibility index (Phi) is 6.50. The molecule has 0 radical (unpaired) electrons. The molecule has 1 amide bonds. The smallest absolute Gasteiger partial charge is 0.273 e. The van der Waals surface area contributed by atoms with Crippen molar-refractivity contribution in [2.24, 2.45) is 5.73 Å². The minimum atomic E-state index is -0.545. The Morgan fingerprint density at radius 2 is 1.71 bits per heavy atom. The molecule has 0 aliphatic carbocycles. The fourth-order valence-electron chi connectivity index (χ4n) is 1.62. The monoisotopic (exact) mass is 296 g/mol. The summed E-state index contributed by atoms with van der Waals surface area (Å²) in [7, 11) is 0. The SMILES string of the molecule is NCCNC(=O)c1nc(N)c(C(=O)CCCCO)nc1N. The van der Waals surface area contributed by atoms with E-state index in [0.29, 0.717) is 12.8 Å². The zero-order valence-electron chi connectivity index (χ0n) is 11.6. The van der Waals surface area contributed by atoms with Crippen LogP contribution in [0, 0.1) is 0 Å². The second-order valence-corrected chi connectivity index (χ2v) is 4.34. The number of aromatic nitrogens is 2. The first-order chi connectivity index (χ1) is 10.0. The Bertz CT molecular complexity index is 520. The zero-order chi connectivity index (χ0) is 15.8. The molecule has 9 heteroatoms. The fraction of sp³-hybridized carbons (Fsp3) is 0.500. The van der Waals surface area contributed by atoms with Crippen LogP contribution in [-0.4, -0.2) is 46.5 Å². The normalized spacial score (nSPS) is 10.4. The number of nitrogens with two attached hydrogens (primary N) is 3.